The molecule has 5 heteroatoms. The van der Waals surface area contributed by atoms with E-state index in [-0.39, 0.29) is 18.4 Å². The van der Waals surface area contributed by atoms with Crippen molar-refractivity contribution in [2.75, 3.05) is 6.61 Å². The van der Waals surface area contributed by atoms with E-state index in [0.29, 0.717) is 5.56 Å². The first-order valence-corrected chi connectivity index (χ1v) is 4.08. The molecule has 0 aromatic heterocycles. The fraction of sp³-hybridized carbons (Fsp3) is 0.333. The number of benzene rings is 1. The number of fused-ring (bicyclic) bond motifs is 1. The van der Waals surface area contributed by atoms with E-state index in [9.17, 15) is 13.2 Å². The third-order valence-electron chi connectivity index (χ3n) is 2.16. The van der Waals surface area contributed by atoms with Crippen molar-refractivity contribution in [3.8, 4) is 5.75 Å². The van der Waals surface area contributed by atoms with Crippen molar-refractivity contribution in [2.45, 2.75) is 12.2 Å². The van der Waals surface area contributed by atoms with Gasteiger partial charge in [0, 0.05) is 5.56 Å². The summed E-state index contributed by atoms with van der Waals surface area (Å²) in [5, 5.41) is 0. The Morgan fingerprint density at radius 2 is 2.07 bits per heavy atom. The van der Waals surface area contributed by atoms with E-state index < -0.39 is 11.7 Å². The molecule has 0 unspecified atom stereocenters. The normalized spacial score (nSPS) is 20.4. The second kappa shape index (κ2) is 2.88. The van der Waals surface area contributed by atoms with Crippen LogP contribution < -0.4 is 10.5 Å². The first-order valence-electron chi connectivity index (χ1n) is 4.08. The number of alkyl halides is 3. The van der Waals surface area contributed by atoms with Gasteiger partial charge in [0.25, 0.3) is 0 Å². The molecule has 2 rings (SSSR count). The summed E-state index contributed by atoms with van der Waals surface area (Å²) in [7, 11) is 0. The van der Waals surface area contributed by atoms with E-state index in [1.165, 1.54) is 6.07 Å². The van der Waals surface area contributed by atoms with E-state index in [0.717, 1.165) is 12.1 Å². The number of nitrogens with two attached hydrogens (primary N) is 1. The van der Waals surface area contributed by atoms with E-state index in [1.54, 1.807) is 0 Å². The highest BCUT2D eigenvalue weighted by molar-refractivity contribution is 5.43. The molecule has 1 aromatic rings. The molecule has 76 valence electrons. The molecule has 1 atom stereocenters. The second-order valence-electron chi connectivity index (χ2n) is 3.17. The second-order valence-corrected chi connectivity index (χ2v) is 3.17. The number of rotatable bonds is 0. The molecule has 1 aliphatic rings. The summed E-state index contributed by atoms with van der Waals surface area (Å²) in [5.41, 5.74) is 5.53. The summed E-state index contributed by atoms with van der Waals surface area (Å²) in [6.07, 6.45) is -4.33. The lowest BCUT2D eigenvalue weighted by atomic mass is 10.1. The number of ether oxygens (including phenoxy) is 1. The van der Waals surface area contributed by atoms with Crippen LogP contribution in [0, 0.1) is 0 Å². The van der Waals surface area contributed by atoms with Crippen LogP contribution in [-0.2, 0) is 6.18 Å². The molecule has 0 aliphatic carbocycles. The van der Waals surface area contributed by atoms with Gasteiger partial charge in [0.05, 0.1) is 11.6 Å². The summed E-state index contributed by atoms with van der Waals surface area (Å²) >= 11 is 0. The van der Waals surface area contributed by atoms with Crippen molar-refractivity contribution in [2.24, 2.45) is 5.73 Å². The highest BCUT2D eigenvalue weighted by Crippen LogP contribution is 2.37. The third-order valence-corrected chi connectivity index (χ3v) is 2.16. The van der Waals surface area contributed by atoms with Gasteiger partial charge >= 0.3 is 6.18 Å². The first-order chi connectivity index (χ1) is 6.48. The minimum Gasteiger partial charge on any atom is -0.491 e. The Bertz CT molecular complexity index is 362. The zero-order chi connectivity index (χ0) is 10.3. The Kier molecular flexibility index (Phi) is 1.92. The van der Waals surface area contributed by atoms with Crippen LogP contribution in [0.15, 0.2) is 18.2 Å². The smallest absolute Gasteiger partial charge is 0.416 e. The standard InChI is InChI=1S/C9H8F3NO/c10-9(11,12)5-1-2-6-7(13)4-14-8(6)3-5/h1-3,7H,4,13H2/t7-/m1/s1. The van der Waals surface area contributed by atoms with Gasteiger partial charge in [-0.1, -0.05) is 6.07 Å². The molecule has 1 aliphatic heterocycles. The number of halogens is 3. The molecule has 1 aromatic carbocycles. The van der Waals surface area contributed by atoms with Gasteiger partial charge < -0.3 is 10.5 Å². The lowest BCUT2D eigenvalue weighted by Crippen LogP contribution is -2.10. The first kappa shape index (κ1) is 9.33. The Hall–Kier alpha value is -1.23. The summed E-state index contributed by atoms with van der Waals surface area (Å²) in [6.45, 7) is 0.247. The molecule has 2 nitrogen and oxygen atoms in total. The fourth-order valence-corrected chi connectivity index (χ4v) is 1.41. The van der Waals surface area contributed by atoms with Gasteiger partial charge in [-0.05, 0) is 12.1 Å². The van der Waals surface area contributed by atoms with E-state index in [1.807, 2.05) is 0 Å². The van der Waals surface area contributed by atoms with Crippen molar-refractivity contribution in [3.05, 3.63) is 29.3 Å². The van der Waals surface area contributed by atoms with E-state index in [4.69, 9.17) is 10.5 Å². The van der Waals surface area contributed by atoms with Gasteiger partial charge in [-0.25, -0.2) is 0 Å². The highest BCUT2D eigenvalue weighted by atomic mass is 19.4. The van der Waals surface area contributed by atoms with Gasteiger partial charge in [-0.3, -0.25) is 0 Å². The highest BCUT2D eigenvalue weighted by Gasteiger charge is 2.32. The number of hydrogen-bond donors (Lipinski definition) is 1. The van der Waals surface area contributed by atoms with E-state index in [2.05, 4.69) is 0 Å². The van der Waals surface area contributed by atoms with Crippen LogP contribution >= 0.6 is 0 Å². The molecule has 14 heavy (non-hydrogen) atoms. The lowest BCUT2D eigenvalue weighted by molar-refractivity contribution is -0.137. The fourth-order valence-electron chi connectivity index (χ4n) is 1.41. The molecular weight excluding hydrogens is 195 g/mol. The summed E-state index contributed by atoms with van der Waals surface area (Å²) in [4.78, 5) is 0. The summed E-state index contributed by atoms with van der Waals surface area (Å²) < 4.78 is 41.8. The number of hydrogen-bond acceptors (Lipinski definition) is 2. The van der Waals surface area contributed by atoms with Crippen molar-refractivity contribution in [1.82, 2.24) is 0 Å². The SMILES string of the molecule is N[C@@H]1COc2cc(C(F)(F)F)ccc21. The maximum Gasteiger partial charge on any atom is 0.416 e. The van der Waals surface area contributed by atoms with Crippen molar-refractivity contribution < 1.29 is 17.9 Å². The monoisotopic (exact) mass is 203 g/mol. The average Bonchev–Trinajstić information content (AvgIpc) is 2.46. The largest absolute Gasteiger partial charge is 0.491 e. The molecule has 0 spiro atoms. The van der Waals surface area contributed by atoms with Gasteiger partial charge in [0.1, 0.15) is 12.4 Å². The Labute approximate surface area is 78.5 Å². The molecular formula is C9H8F3NO. The predicted octanol–water partition coefficient (Wildman–Crippen LogP) is 2.10. The molecule has 1 heterocycles. The maximum atomic E-state index is 12.3. The zero-order valence-electron chi connectivity index (χ0n) is 7.14. The predicted molar refractivity (Wildman–Crippen MR) is 43.9 cm³/mol. The maximum absolute atomic E-state index is 12.3. The molecule has 0 saturated carbocycles. The van der Waals surface area contributed by atoms with Crippen molar-refractivity contribution in [1.29, 1.82) is 0 Å². The quantitative estimate of drug-likeness (QED) is 0.700. The van der Waals surface area contributed by atoms with Crippen LogP contribution in [0.3, 0.4) is 0 Å². The molecule has 0 saturated heterocycles. The molecule has 0 radical (unpaired) electrons. The van der Waals surface area contributed by atoms with Crippen molar-refractivity contribution >= 4 is 0 Å². The topological polar surface area (TPSA) is 35.2 Å². The van der Waals surface area contributed by atoms with Crippen LogP contribution in [0.2, 0.25) is 0 Å². The van der Waals surface area contributed by atoms with Gasteiger partial charge in [-0.15, -0.1) is 0 Å². The molecule has 2 N–H and O–H groups in total. The summed E-state index contributed by atoms with van der Waals surface area (Å²) in [5.74, 6) is 0.243. The molecule has 0 bridgehead atoms. The zero-order valence-corrected chi connectivity index (χ0v) is 7.14. The molecule has 0 amide bonds. The average molecular weight is 203 g/mol. The lowest BCUT2D eigenvalue weighted by Gasteiger charge is -2.08. The van der Waals surface area contributed by atoms with Crippen LogP contribution in [0.5, 0.6) is 5.75 Å². The van der Waals surface area contributed by atoms with E-state index >= 15 is 0 Å². The summed E-state index contributed by atoms with van der Waals surface area (Å²) in [6, 6.07) is 3.07. The Morgan fingerprint density at radius 3 is 2.71 bits per heavy atom. The molecule has 0 fully saturated rings. The third kappa shape index (κ3) is 1.43. The van der Waals surface area contributed by atoms with Gasteiger partial charge in [0.15, 0.2) is 0 Å². The Morgan fingerprint density at radius 1 is 1.36 bits per heavy atom. The van der Waals surface area contributed by atoms with Crippen LogP contribution in [-0.4, -0.2) is 6.61 Å². The van der Waals surface area contributed by atoms with Gasteiger partial charge in [-0.2, -0.15) is 13.2 Å². The van der Waals surface area contributed by atoms with Gasteiger partial charge in [0.2, 0.25) is 0 Å². The van der Waals surface area contributed by atoms with Crippen molar-refractivity contribution in [3.63, 3.8) is 0 Å². The minimum atomic E-state index is -4.33. The minimum absolute atomic E-state index is 0.243. The Balaban J connectivity index is 2.42. The van der Waals surface area contributed by atoms with Crippen LogP contribution in [0.1, 0.15) is 17.2 Å². The van der Waals surface area contributed by atoms with Crippen LogP contribution in [0.4, 0.5) is 13.2 Å². The van der Waals surface area contributed by atoms with Crippen LogP contribution in [0.25, 0.3) is 0 Å².